The number of nitrogens with zero attached hydrogens (tertiary/aromatic N) is 1. The summed E-state index contributed by atoms with van der Waals surface area (Å²) in [5, 5.41) is 0.796. The van der Waals surface area contributed by atoms with Crippen molar-refractivity contribution in [2.45, 2.75) is 64.5 Å². The number of hydrogen-bond acceptors (Lipinski definition) is 2. The van der Waals surface area contributed by atoms with Crippen molar-refractivity contribution in [1.82, 2.24) is 4.90 Å². The molecule has 0 fully saturated rings. The molecule has 0 aliphatic rings. The van der Waals surface area contributed by atoms with Crippen LogP contribution in [0, 0.1) is 0 Å². The van der Waals surface area contributed by atoms with Crippen LogP contribution in [0.25, 0.3) is 0 Å². The molecule has 0 radical (unpaired) electrons. The minimum Gasteiger partial charge on any atom is -0.329 e. The normalized spacial score (nSPS) is 16.0. The molecule has 0 amide bonds. The van der Waals surface area contributed by atoms with Gasteiger partial charge in [-0.2, -0.15) is 0 Å². The molecule has 0 aliphatic carbocycles. The van der Waals surface area contributed by atoms with Gasteiger partial charge in [-0.05, 0) is 45.0 Å². The predicted octanol–water partition coefficient (Wildman–Crippen LogP) is 5.02. The molecule has 0 heterocycles. The Kier molecular flexibility index (Phi) is 7.72. The van der Waals surface area contributed by atoms with Crippen LogP contribution in [0.5, 0.6) is 0 Å². The van der Waals surface area contributed by atoms with Gasteiger partial charge in [0.05, 0.1) is 0 Å². The zero-order valence-corrected chi connectivity index (χ0v) is 14.8. The van der Waals surface area contributed by atoms with Crippen molar-refractivity contribution in [2.75, 3.05) is 13.6 Å². The van der Waals surface area contributed by atoms with E-state index in [1.54, 1.807) is 0 Å². The third-order valence-electron chi connectivity index (χ3n) is 4.77. The lowest BCUT2D eigenvalue weighted by molar-refractivity contribution is 0.0891. The monoisotopic (exact) mass is 310 g/mol. The van der Waals surface area contributed by atoms with E-state index in [0.29, 0.717) is 12.6 Å². The second-order valence-electron chi connectivity index (χ2n) is 6.35. The third kappa shape index (κ3) is 5.28. The van der Waals surface area contributed by atoms with Crippen molar-refractivity contribution < 1.29 is 0 Å². The number of nitrogens with two attached hydrogens (primary N) is 1. The largest absolute Gasteiger partial charge is 0.329 e. The van der Waals surface area contributed by atoms with Crippen LogP contribution < -0.4 is 5.73 Å². The van der Waals surface area contributed by atoms with Gasteiger partial charge in [-0.3, -0.25) is 4.90 Å². The molecule has 0 saturated heterocycles. The van der Waals surface area contributed by atoms with Crippen molar-refractivity contribution in [2.24, 2.45) is 5.73 Å². The summed E-state index contributed by atoms with van der Waals surface area (Å²) in [6.45, 7) is 7.43. The predicted molar refractivity (Wildman–Crippen MR) is 93.8 cm³/mol. The molecule has 1 rings (SSSR count). The van der Waals surface area contributed by atoms with Crippen molar-refractivity contribution in [1.29, 1.82) is 0 Å². The second kappa shape index (κ2) is 8.77. The van der Waals surface area contributed by atoms with Gasteiger partial charge in [0.1, 0.15) is 0 Å². The van der Waals surface area contributed by atoms with Gasteiger partial charge in [0, 0.05) is 23.1 Å². The molecule has 2 nitrogen and oxygen atoms in total. The van der Waals surface area contributed by atoms with Crippen LogP contribution in [0.1, 0.15) is 64.5 Å². The number of benzene rings is 1. The van der Waals surface area contributed by atoms with Crippen LogP contribution in [0.4, 0.5) is 0 Å². The number of unbranched alkanes of at least 4 members (excludes halogenated alkanes) is 3. The fourth-order valence-electron chi connectivity index (χ4n) is 2.81. The van der Waals surface area contributed by atoms with E-state index >= 15 is 0 Å². The van der Waals surface area contributed by atoms with Gasteiger partial charge >= 0.3 is 0 Å². The molecule has 21 heavy (non-hydrogen) atoms. The lowest BCUT2D eigenvalue weighted by atomic mass is 9.90. The van der Waals surface area contributed by atoms with Crippen LogP contribution in [0.3, 0.4) is 0 Å². The molecule has 2 N–H and O–H groups in total. The first-order valence-electron chi connectivity index (χ1n) is 8.13. The van der Waals surface area contributed by atoms with Crippen molar-refractivity contribution in [3.05, 3.63) is 34.9 Å². The fraction of sp³-hybridized carbons (Fsp3) is 0.667. The van der Waals surface area contributed by atoms with Crippen molar-refractivity contribution in [3.63, 3.8) is 0 Å². The smallest absolute Gasteiger partial charge is 0.0409 e. The first-order chi connectivity index (χ1) is 9.94. The molecular weight excluding hydrogens is 280 g/mol. The van der Waals surface area contributed by atoms with Gasteiger partial charge in [0.15, 0.2) is 0 Å². The summed E-state index contributed by atoms with van der Waals surface area (Å²) >= 11 is 6.12. The summed E-state index contributed by atoms with van der Waals surface area (Å²) < 4.78 is 0. The summed E-state index contributed by atoms with van der Waals surface area (Å²) in [7, 11) is 2.18. The van der Waals surface area contributed by atoms with Gasteiger partial charge in [0.25, 0.3) is 0 Å². The Balaban J connectivity index is 2.74. The Hall–Kier alpha value is -0.570. The molecule has 0 saturated carbocycles. The van der Waals surface area contributed by atoms with Crippen molar-refractivity contribution in [3.8, 4) is 0 Å². The first-order valence-corrected chi connectivity index (χ1v) is 8.51. The van der Waals surface area contributed by atoms with Gasteiger partial charge in [-0.1, -0.05) is 56.3 Å². The van der Waals surface area contributed by atoms with Gasteiger partial charge in [0.2, 0.25) is 0 Å². The van der Waals surface area contributed by atoms with E-state index < -0.39 is 0 Å². The highest BCUT2D eigenvalue weighted by Gasteiger charge is 2.30. The topological polar surface area (TPSA) is 29.3 Å². The minimum atomic E-state index is 0.0372. The van der Waals surface area contributed by atoms with Crippen LogP contribution in [0.15, 0.2) is 24.3 Å². The SMILES string of the molecule is CCCCCCC(C)(CN)N(C)C(C)c1cccc(Cl)c1. The quantitative estimate of drug-likeness (QED) is 0.649. The molecule has 0 bridgehead atoms. The minimum absolute atomic E-state index is 0.0372. The van der Waals surface area contributed by atoms with E-state index in [4.69, 9.17) is 17.3 Å². The number of halogens is 1. The van der Waals surface area contributed by atoms with Crippen LogP contribution >= 0.6 is 11.6 Å². The lowest BCUT2D eigenvalue weighted by Crippen LogP contribution is -2.50. The van der Waals surface area contributed by atoms with Gasteiger partial charge in [-0.15, -0.1) is 0 Å². The first kappa shape index (κ1) is 18.5. The summed E-state index contributed by atoms with van der Waals surface area (Å²) in [5.74, 6) is 0. The van der Waals surface area contributed by atoms with E-state index in [0.717, 1.165) is 11.4 Å². The summed E-state index contributed by atoms with van der Waals surface area (Å²) in [5.41, 5.74) is 7.39. The fourth-order valence-corrected chi connectivity index (χ4v) is 3.01. The molecule has 1 aromatic carbocycles. The molecular formula is C18H31ClN2. The Bertz CT molecular complexity index is 421. The Morgan fingerprint density at radius 2 is 2.00 bits per heavy atom. The van der Waals surface area contributed by atoms with Gasteiger partial charge < -0.3 is 5.73 Å². The molecule has 0 aromatic heterocycles. The second-order valence-corrected chi connectivity index (χ2v) is 6.79. The number of likely N-dealkylation sites (N-methyl/N-ethyl adjacent to an activating group) is 1. The molecule has 2 atom stereocenters. The standard InChI is InChI=1S/C18H31ClN2/c1-5-6-7-8-12-18(3,14-20)21(4)15(2)16-10-9-11-17(19)13-16/h9-11,13,15H,5-8,12,14,20H2,1-4H3. The Labute approximate surface area is 135 Å². The Morgan fingerprint density at radius 1 is 1.29 bits per heavy atom. The molecule has 2 unspecified atom stereocenters. The lowest BCUT2D eigenvalue weighted by Gasteiger charge is -2.42. The molecule has 0 spiro atoms. The maximum atomic E-state index is 6.12. The average Bonchev–Trinajstić information content (AvgIpc) is 2.50. The highest BCUT2D eigenvalue weighted by Crippen LogP contribution is 2.30. The molecule has 0 aliphatic heterocycles. The van der Waals surface area contributed by atoms with Crippen molar-refractivity contribution >= 4 is 11.6 Å². The van der Waals surface area contributed by atoms with E-state index in [1.807, 2.05) is 12.1 Å². The maximum absolute atomic E-state index is 6.12. The van der Waals surface area contributed by atoms with Crippen LogP contribution in [0.2, 0.25) is 5.02 Å². The summed E-state index contributed by atoms with van der Waals surface area (Å²) in [6.07, 6.45) is 6.27. The van der Waals surface area contributed by atoms with Crippen LogP contribution in [-0.2, 0) is 0 Å². The van der Waals surface area contributed by atoms with Crippen LogP contribution in [-0.4, -0.2) is 24.0 Å². The van der Waals surface area contributed by atoms with E-state index in [1.165, 1.54) is 31.2 Å². The maximum Gasteiger partial charge on any atom is 0.0409 e. The molecule has 3 heteroatoms. The van der Waals surface area contributed by atoms with E-state index in [2.05, 4.69) is 44.9 Å². The highest BCUT2D eigenvalue weighted by atomic mass is 35.5. The summed E-state index contributed by atoms with van der Waals surface area (Å²) in [4.78, 5) is 2.41. The Morgan fingerprint density at radius 3 is 2.57 bits per heavy atom. The zero-order chi connectivity index (χ0) is 15.9. The molecule has 120 valence electrons. The average molecular weight is 311 g/mol. The number of rotatable bonds is 9. The molecule has 1 aromatic rings. The number of hydrogen-bond donors (Lipinski definition) is 1. The van der Waals surface area contributed by atoms with E-state index in [9.17, 15) is 0 Å². The summed E-state index contributed by atoms with van der Waals surface area (Å²) in [6, 6.07) is 8.44. The van der Waals surface area contributed by atoms with E-state index in [-0.39, 0.29) is 5.54 Å². The highest BCUT2D eigenvalue weighted by molar-refractivity contribution is 6.30. The van der Waals surface area contributed by atoms with Gasteiger partial charge in [-0.25, -0.2) is 0 Å². The third-order valence-corrected chi connectivity index (χ3v) is 5.01. The zero-order valence-electron chi connectivity index (χ0n) is 14.0.